The van der Waals surface area contributed by atoms with Gasteiger partial charge in [-0.15, -0.1) is 0 Å². The maximum Gasteiger partial charge on any atom is 0.194 e. The van der Waals surface area contributed by atoms with E-state index in [-0.39, 0.29) is 5.78 Å². The highest BCUT2D eigenvalue weighted by Gasteiger charge is 2.08. The molecule has 0 aliphatic carbocycles. The predicted molar refractivity (Wildman–Crippen MR) is 102 cm³/mol. The number of nitrogens with zero attached hydrogens (tertiary/aromatic N) is 2. The Hall–Kier alpha value is -2.95. The number of aryl methyl sites for hydroxylation is 1. The molecule has 0 unspecified atom stereocenters. The molecule has 0 radical (unpaired) electrons. The van der Waals surface area contributed by atoms with E-state index >= 15 is 0 Å². The molecule has 3 rings (SSSR count). The Morgan fingerprint density at radius 1 is 0.962 bits per heavy atom. The highest BCUT2D eigenvalue weighted by Crippen LogP contribution is 2.19. The summed E-state index contributed by atoms with van der Waals surface area (Å²) in [6.45, 7) is 0. The Bertz CT molecular complexity index is 826. The second-order valence-corrected chi connectivity index (χ2v) is 6.29. The summed E-state index contributed by atoms with van der Waals surface area (Å²) in [6.07, 6.45) is 8.81. The Morgan fingerprint density at radius 2 is 1.77 bits per heavy atom. The number of hydrogen-bond donors (Lipinski definition) is 1. The number of oxazole rings is 1. The number of nitrogen functional groups attached to an aromatic ring is 1. The fourth-order valence-corrected chi connectivity index (χ4v) is 2.78. The van der Waals surface area contributed by atoms with Gasteiger partial charge in [0.1, 0.15) is 5.69 Å². The molecule has 0 bridgehead atoms. The van der Waals surface area contributed by atoms with Gasteiger partial charge in [-0.2, -0.15) is 0 Å². The van der Waals surface area contributed by atoms with E-state index in [1.807, 2.05) is 18.2 Å². The summed E-state index contributed by atoms with van der Waals surface area (Å²) in [5.74, 6) is 1.62. The molecule has 5 heteroatoms. The van der Waals surface area contributed by atoms with Crippen LogP contribution in [0.4, 0.5) is 5.69 Å². The van der Waals surface area contributed by atoms with Crippen molar-refractivity contribution in [1.29, 1.82) is 0 Å². The van der Waals surface area contributed by atoms with Crippen molar-refractivity contribution < 1.29 is 9.21 Å². The zero-order valence-electron chi connectivity index (χ0n) is 14.7. The molecular formula is C21H23N3O2. The van der Waals surface area contributed by atoms with E-state index in [2.05, 4.69) is 9.97 Å². The van der Waals surface area contributed by atoms with Crippen LogP contribution in [0.5, 0.6) is 0 Å². The number of rotatable bonds is 9. The van der Waals surface area contributed by atoms with Crippen LogP contribution in [0.25, 0.3) is 11.5 Å². The Kier molecular flexibility index (Phi) is 6.14. The molecule has 1 aromatic carbocycles. The van der Waals surface area contributed by atoms with E-state index < -0.39 is 0 Å². The van der Waals surface area contributed by atoms with Crippen molar-refractivity contribution in [2.75, 3.05) is 5.73 Å². The normalized spacial score (nSPS) is 10.8. The minimum absolute atomic E-state index is 0.178. The van der Waals surface area contributed by atoms with Crippen LogP contribution in [0.3, 0.4) is 0 Å². The molecule has 0 saturated heterocycles. The number of ketones is 1. The molecule has 2 N–H and O–H groups in total. The number of nitrogens with two attached hydrogens (primary N) is 1. The number of hydrogen-bond acceptors (Lipinski definition) is 5. The molecule has 0 amide bonds. The molecular weight excluding hydrogens is 326 g/mol. The smallest absolute Gasteiger partial charge is 0.194 e. The molecule has 0 spiro atoms. The number of Topliss-reactive ketones (excluding diaryl/α,β-unsaturated/α-hetero) is 1. The molecule has 0 aliphatic heterocycles. The van der Waals surface area contributed by atoms with Crippen LogP contribution in [0.15, 0.2) is 59.3 Å². The number of carbonyl (C=O) groups excluding carboxylic acids is 1. The first-order valence-corrected chi connectivity index (χ1v) is 8.97. The van der Waals surface area contributed by atoms with Crippen molar-refractivity contribution in [1.82, 2.24) is 9.97 Å². The third-order valence-corrected chi connectivity index (χ3v) is 4.25. The second kappa shape index (κ2) is 8.94. The maximum absolute atomic E-state index is 12.1. The average molecular weight is 349 g/mol. The predicted octanol–water partition coefficient (Wildman–Crippen LogP) is 4.69. The van der Waals surface area contributed by atoms with Gasteiger partial charge in [0.2, 0.25) is 0 Å². The first-order chi connectivity index (χ1) is 12.7. The minimum atomic E-state index is 0.178. The number of unbranched alkanes of at least 4 members (excludes halogenated alkanes) is 3. The van der Waals surface area contributed by atoms with Gasteiger partial charge in [0, 0.05) is 30.3 Å². The average Bonchev–Trinajstić information content (AvgIpc) is 3.14. The number of anilines is 1. The van der Waals surface area contributed by atoms with E-state index in [1.165, 1.54) is 0 Å². The fourth-order valence-electron chi connectivity index (χ4n) is 2.78. The summed E-state index contributed by atoms with van der Waals surface area (Å²) < 4.78 is 5.74. The van der Waals surface area contributed by atoms with Crippen molar-refractivity contribution in [3.05, 3.63) is 66.3 Å². The van der Waals surface area contributed by atoms with Crippen molar-refractivity contribution >= 4 is 11.5 Å². The molecule has 2 heterocycles. The molecule has 26 heavy (non-hydrogen) atoms. The van der Waals surface area contributed by atoms with Crippen LogP contribution in [0.2, 0.25) is 0 Å². The number of benzene rings is 1. The summed E-state index contributed by atoms with van der Waals surface area (Å²) in [4.78, 5) is 20.6. The van der Waals surface area contributed by atoms with E-state index in [4.69, 9.17) is 10.2 Å². The summed E-state index contributed by atoms with van der Waals surface area (Å²) in [5, 5.41) is 0. The van der Waals surface area contributed by atoms with E-state index in [0.717, 1.165) is 49.3 Å². The standard InChI is InChI=1S/C21H23N3O2/c22-17-12-10-16(11-13-17)19(25)8-3-1-2-4-9-21-24-15-20(26-21)18-7-5-6-14-23-18/h5-7,10-15H,1-4,8-9,22H2. The van der Waals surface area contributed by atoms with E-state index in [0.29, 0.717) is 17.9 Å². The third kappa shape index (κ3) is 5.02. The van der Waals surface area contributed by atoms with Gasteiger partial charge in [0.05, 0.1) is 6.20 Å². The molecule has 0 fully saturated rings. The zero-order chi connectivity index (χ0) is 18.2. The van der Waals surface area contributed by atoms with Crippen molar-refractivity contribution in [2.45, 2.75) is 38.5 Å². The third-order valence-electron chi connectivity index (χ3n) is 4.25. The quantitative estimate of drug-likeness (QED) is 0.344. The van der Waals surface area contributed by atoms with Gasteiger partial charge in [-0.3, -0.25) is 9.78 Å². The monoisotopic (exact) mass is 349 g/mol. The molecule has 3 aromatic rings. The van der Waals surface area contributed by atoms with Crippen molar-refractivity contribution in [3.8, 4) is 11.5 Å². The molecule has 134 valence electrons. The SMILES string of the molecule is Nc1ccc(C(=O)CCCCCCc2ncc(-c3ccccn3)o2)cc1. The highest BCUT2D eigenvalue weighted by molar-refractivity contribution is 5.96. The molecule has 0 aliphatic rings. The van der Waals surface area contributed by atoms with Crippen molar-refractivity contribution in [3.63, 3.8) is 0 Å². The van der Waals surface area contributed by atoms with E-state index in [1.54, 1.807) is 36.7 Å². The first kappa shape index (κ1) is 17.9. The Labute approximate surface area is 153 Å². The molecule has 0 saturated carbocycles. The van der Waals surface area contributed by atoms with Crippen LogP contribution in [0, 0.1) is 0 Å². The van der Waals surface area contributed by atoms with Gasteiger partial charge >= 0.3 is 0 Å². The summed E-state index contributed by atoms with van der Waals surface area (Å²) >= 11 is 0. The largest absolute Gasteiger partial charge is 0.439 e. The topological polar surface area (TPSA) is 82.0 Å². The molecule has 2 aromatic heterocycles. The van der Waals surface area contributed by atoms with Gasteiger partial charge in [0.15, 0.2) is 17.4 Å². The Balaban J connectivity index is 1.34. The van der Waals surface area contributed by atoms with Crippen LogP contribution in [-0.4, -0.2) is 15.8 Å². The maximum atomic E-state index is 12.1. The molecule has 5 nitrogen and oxygen atoms in total. The van der Waals surface area contributed by atoms with Crippen molar-refractivity contribution in [2.24, 2.45) is 0 Å². The van der Waals surface area contributed by atoms with Crippen LogP contribution in [-0.2, 0) is 6.42 Å². The van der Waals surface area contributed by atoms with Crippen LogP contribution in [0.1, 0.15) is 48.4 Å². The van der Waals surface area contributed by atoms with Crippen LogP contribution < -0.4 is 5.73 Å². The van der Waals surface area contributed by atoms with Gasteiger partial charge in [-0.05, 0) is 49.2 Å². The summed E-state index contributed by atoms with van der Waals surface area (Å²) in [6, 6.07) is 12.8. The van der Waals surface area contributed by atoms with Gasteiger partial charge in [-0.1, -0.05) is 18.9 Å². The lowest BCUT2D eigenvalue weighted by molar-refractivity contribution is 0.0979. The summed E-state index contributed by atoms with van der Waals surface area (Å²) in [7, 11) is 0. The van der Waals surface area contributed by atoms with Gasteiger partial charge in [0.25, 0.3) is 0 Å². The minimum Gasteiger partial charge on any atom is -0.439 e. The number of pyridine rings is 1. The van der Waals surface area contributed by atoms with Gasteiger partial charge in [-0.25, -0.2) is 4.98 Å². The zero-order valence-corrected chi connectivity index (χ0v) is 14.7. The Morgan fingerprint density at radius 3 is 2.54 bits per heavy atom. The number of aromatic nitrogens is 2. The lowest BCUT2D eigenvalue weighted by atomic mass is 10.0. The lowest BCUT2D eigenvalue weighted by Gasteiger charge is -2.02. The lowest BCUT2D eigenvalue weighted by Crippen LogP contribution is -1.99. The summed E-state index contributed by atoms with van der Waals surface area (Å²) in [5.41, 5.74) is 7.85. The van der Waals surface area contributed by atoms with E-state index in [9.17, 15) is 4.79 Å². The molecule has 0 atom stereocenters. The fraction of sp³-hybridized carbons (Fsp3) is 0.286. The van der Waals surface area contributed by atoms with Gasteiger partial charge < -0.3 is 10.2 Å². The number of carbonyl (C=O) groups is 1. The highest BCUT2D eigenvalue weighted by atomic mass is 16.4. The first-order valence-electron chi connectivity index (χ1n) is 8.97. The second-order valence-electron chi connectivity index (χ2n) is 6.29. The van der Waals surface area contributed by atoms with Crippen LogP contribution >= 0.6 is 0 Å².